The van der Waals surface area contributed by atoms with E-state index >= 15 is 0 Å². The third-order valence-corrected chi connectivity index (χ3v) is 4.25. The van der Waals surface area contributed by atoms with E-state index in [0.29, 0.717) is 6.42 Å². The van der Waals surface area contributed by atoms with Crippen LogP contribution in [-0.2, 0) is 5.41 Å². The van der Waals surface area contributed by atoms with E-state index in [9.17, 15) is 5.11 Å². The van der Waals surface area contributed by atoms with Gasteiger partial charge in [-0.05, 0) is 44.4 Å². The standard InChI is InChI=1S/C14H22BrNO/c1-4-14(8-9-17,13(2,3)16)11-6-5-7-12(15)10-11/h5-7,10,17H,4,8-9,16H2,1-3H3. The first-order valence-electron chi connectivity index (χ1n) is 6.03. The molecule has 0 aromatic heterocycles. The predicted octanol–water partition coefficient (Wildman–Crippen LogP) is 3.22. The number of nitrogens with two attached hydrogens (primary N) is 1. The molecule has 1 atom stereocenters. The lowest BCUT2D eigenvalue weighted by molar-refractivity contribution is 0.170. The largest absolute Gasteiger partial charge is 0.396 e. The molecule has 3 heteroatoms. The SMILES string of the molecule is CCC(CCO)(c1cccc(Br)c1)C(C)(C)N. The van der Waals surface area contributed by atoms with Crippen molar-refractivity contribution in [1.29, 1.82) is 0 Å². The molecule has 1 unspecified atom stereocenters. The van der Waals surface area contributed by atoms with Gasteiger partial charge in [0.05, 0.1) is 0 Å². The third kappa shape index (κ3) is 2.90. The maximum Gasteiger partial charge on any atom is 0.0440 e. The normalized spacial score (nSPS) is 15.6. The van der Waals surface area contributed by atoms with Crippen LogP contribution in [0.1, 0.15) is 39.2 Å². The molecule has 0 saturated heterocycles. The average molecular weight is 300 g/mol. The summed E-state index contributed by atoms with van der Waals surface area (Å²) in [7, 11) is 0. The van der Waals surface area contributed by atoms with E-state index in [0.717, 1.165) is 10.9 Å². The van der Waals surface area contributed by atoms with Crippen LogP contribution in [-0.4, -0.2) is 17.3 Å². The highest BCUT2D eigenvalue weighted by Crippen LogP contribution is 2.40. The topological polar surface area (TPSA) is 46.2 Å². The zero-order valence-corrected chi connectivity index (χ0v) is 12.4. The Kier molecular flexibility index (Phi) is 4.76. The number of hydrogen-bond acceptors (Lipinski definition) is 2. The number of aliphatic hydroxyl groups excluding tert-OH is 1. The number of aliphatic hydroxyl groups is 1. The fourth-order valence-electron chi connectivity index (χ4n) is 2.65. The van der Waals surface area contributed by atoms with E-state index in [2.05, 4.69) is 35.0 Å². The highest BCUT2D eigenvalue weighted by Gasteiger charge is 2.41. The zero-order valence-electron chi connectivity index (χ0n) is 10.8. The van der Waals surface area contributed by atoms with Crippen molar-refractivity contribution in [3.8, 4) is 0 Å². The second-order valence-corrected chi connectivity index (χ2v) is 6.06. The zero-order chi connectivity index (χ0) is 13.1. The van der Waals surface area contributed by atoms with Gasteiger partial charge in [-0.25, -0.2) is 0 Å². The lowest BCUT2D eigenvalue weighted by Crippen LogP contribution is -2.54. The first kappa shape index (κ1) is 14.7. The maximum absolute atomic E-state index is 9.36. The van der Waals surface area contributed by atoms with Crippen LogP contribution in [0.3, 0.4) is 0 Å². The van der Waals surface area contributed by atoms with Crippen molar-refractivity contribution in [2.24, 2.45) is 5.73 Å². The quantitative estimate of drug-likeness (QED) is 0.877. The fourth-order valence-corrected chi connectivity index (χ4v) is 3.05. The Morgan fingerprint density at radius 1 is 1.35 bits per heavy atom. The summed E-state index contributed by atoms with van der Waals surface area (Å²) in [6, 6.07) is 8.23. The van der Waals surface area contributed by atoms with E-state index in [1.807, 2.05) is 26.0 Å². The fraction of sp³-hybridized carbons (Fsp3) is 0.571. The highest BCUT2D eigenvalue weighted by atomic mass is 79.9. The van der Waals surface area contributed by atoms with Gasteiger partial charge in [-0.3, -0.25) is 0 Å². The first-order chi connectivity index (χ1) is 7.87. The van der Waals surface area contributed by atoms with Crippen molar-refractivity contribution < 1.29 is 5.11 Å². The molecular formula is C14H22BrNO. The van der Waals surface area contributed by atoms with Crippen LogP contribution < -0.4 is 5.73 Å². The minimum absolute atomic E-state index is 0.154. The number of rotatable bonds is 5. The van der Waals surface area contributed by atoms with Crippen molar-refractivity contribution in [2.45, 2.75) is 44.6 Å². The lowest BCUT2D eigenvalue weighted by atomic mass is 9.63. The molecule has 96 valence electrons. The van der Waals surface area contributed by atoms with Crippen molar-refractivity contribution in [3.63, 3.8) is 0 Å². The molecular weight excluding hydrogens is 278 g/mol. The second-order valence-electron chi connectivity index (χ2n) is 5.14. The van der Waals surface area contributed by atoms with Crippen LogP contribution in [0.4, 0.5) is 0 Å². The third-order valence-electron chi connectivity index (χ3n) is 3.75. The summed E-state index contributed by atoms with van der Waals surface area (Å²) < 4.78 is 1.05. The predicted molar refractivity (Wildman–Crippen MR) is 76.1 cm³/mol. The van der Waals surface area contributed by atoms with Gasteiger partial charge in [-0.2, -0.15) is 0 Å². The van der Waals surface area contributed by atoms with E-state index in [1.165, 1.54) is 5.56 Å². The van der Waals surface area contributed by atoms with Gasteiger partial charge in [-0.15, -0.1) is 0 Å². The Morgan fingerprint density at radius 2 is 2.00 bits per heavy atom. The van der Waals surface area contributed by atoms with Crippen LogP contribution in [0, 0.1) is 0 Å². The Morgan fingerprint density at radius 3 is 2.41 bits per heavy atom. The molecule has 0 bridgehead atoms. The lowest BCUT2D eigenvalue weighted by Gasteiger charge is -2.44. The molecule has 0 saturated carbocycles. The molecule has 1 rings (SSSR count). The number of halogens is 1. The van der Waals surface area contributed by atoms with Gasteiger partial charge in [0, 0.05) is 22.0 Å². The van der Waals surface area contributed by atoms with Crippen LogP contribution in [0.15, 0.2) is 28.7 Å². The molecule has 0 aliphatic rings. The van der Waals surface area contributed by atoms with Gasteiger partial charge in [-0.1, -0.05) is 35.0 Å². The molecule has 1 aromatic carbocycles. The van der Waals surface area contributed by atoms with Crippen LogP contribution in [0.5, 0.6) is 0 Å². The molecule has 0 fully saturated rings. The summed E-state index contributed by atoms with van der Waals surface area (Å²) in [6.07, 6.45) is 1.59. The molecule has 2 nitrogen and oxygen atoms in total. The molecule has 17 heavy (non-hydrogen) atoms. The smallest absolute Gasteiger partial charge is 0.0440 e. The molecule has 0 amide bonds. The summed E-state index contributed by atoms with van der Waals surface area (Å²) in [4.78, 5) is 0. The van der Waals surface area contributed by atoms with Gasteiger partial charge in [0.1, 0.15) is 0 Å². The molecule has 1 aromatic rings. The highest BCUT2D eigenvalue weighted by molar-refractivity contribution is 9.10. The molecule has 0 aliphatic heterocycles. The summed E-state index contributed by atoms with van der Waals surface area (Å²) in [5.41, 5.74) is 7.00. The molecule has 0 heterocycles. The van der Waals surface area contributed by atoms with Gasteiger partial charge in [0.25, 0.3) is 0 Å². The van der Waals surface area contributed by atoms with Gasteiger partial charge >= 0.3 is 0 Å². The van der Waals surface area contributed by atoms with Crippen molar-refractivity contribution >= 4 is 15.9 Å². The van der Waals surface area contributed by atoms with Gasteiger partial charge in [0.2, 0.25) is 0 Å². The number of benzene rings is 1. The maximum atomic E-state index is 9.36. The molecule has 3 N–H and O–H groups in total. The molecule has 0 aliphatic carbocycles. The van der Waals surface area contributed by atoms with E-state index in [4.69, 9.17) is 5.73 Å². The second kappa shape index (κ2) is 5.51. The minimum Gasteiger partial charge on any atom is -0.396 e. The summed E-state index contributed by atoms with van der Waals surface area (Å²) >= 11 is 3.50. The van der Waals surface area contributed by atoms with E-state index in [1.54, 1.807) is 0 Å². The van der Waals surface area contributed by atoms with Crippen LogP contribution >= 0.6 is 15.9 Å². The average Bonchev–Trinajstić information content (AvgIpc) is 2.24. The Balaban J connectivity index is 3.32. The van der Waals surface area contributed by atoms with Gasteiger partial charge in [0.15, 0.2) is 0 Å². The molecule has 0 spiro atoms. The Labute approximate surface area is 112 Å². The summed E-state index contributed by atoms with van der Waals surface area (Å²) in [5, 5.41) is 9.36. The number of hydrogen-bond donors (Lipinski definition) is 2. The van der Waals surface area contributed by atoms with Crippen molar-refractivity contribution in [1.82, 2.24) is 0 Å². The Bertz CT molecular complexity index is 373. The summed E-state index contributed by atoms with van der Waals surface area (Å²) in [5.74, 6) is 0. The van der Waals surface area contributed by atoms with Crippen LogP contribution in [0.25, 0.3) is 0 Å². The van der Waals surface area contributed by atoms with Crippen molar-refractivity contribution in [3.05, 3.63) is 34.3 Å². The Hall–Kier alpha value is -0.380. The van der Waals surface area contributed by atoms with Crippen LogP contribution in [0.2, 0.25) is 0 Å². The minimum atomic E-state index is -0.370. The van der Waals surface area contributed by atoms with E-state index in [-0.39, 0.29) is 17.6 Å². The monoisotopic (exact) mass is 299 g/mol. The first-order valence-corrected chi connectivity index (χ1v) is 6.82. The van der Waals surface area contributed by atoms with E-state index < -0.39 is 0 Å². The van der Waals surface area contributed by atoms with Gasteiger partial charge < -0.3 is 10.8 Å². The van der Waals surface area contributed by atoms with Crippen molar-refractivity contribution in [2.75, 3.05) is 6.61 Å². The summed E-state index contributed by atoms with van der Waals surface area (Å²) in [6.45, 7) is 6.35. The molecule has 0 radical (unpaired) electrons.